The van der Waals surface area contributed by atoms with Gasteiger partial charge in [-0.15, -0.1) is 0 Å². The van der Waals surface area contributed by atoms with Gasteiger partial charge in [0.1, 0.15) is 0 Å². The Bertz CT molecular complexity index is 951. The number of benzene rings is 2. The van der Waals surface area contributed by atoms with Gasteiger partial charge in [0.15, 0.2) is 23.0 Å². The first kappa shape index (κ1) is 30.7. The van der Waals surface area contributed by atoms with Crippen LogP contribution < -0.4 is 11.5 Å². The SMILES string of the molecule is NCCCN(CCCCN(CCCN)C(=O)CCc1ccc(O)c(O)c1)C(=O)CCc1ccc(O)c(O)c1. The van der Waals surface area contributed by atoms with Crippen molar-refractivity contribution < 1.29 is 30.0 Å². The van der Waals surface area contributed by atoms with Crippen LogP contribution in [0.2, 0.25) is 0 Å². The molecule has 0 bridgehead atoms. The number of carbonyl (C=O) groups excluding carboxylic acids is 2. The lowest BCUT2D eigenvalue weighted by atomic mass is 10.1. The molecule has 38 heavy (non-hydrogen) atoms. The smallest absolute Gasteiger partial charge is 0.222 e. The summed E-state index contributed by atoms with van der Waals surface area (Å²) in [7, 11) is 0. The molecule has 2 rings (SSSR count). The molecule has 210 valence electrons. The largest absolute Gasteiger partial charge is 0.504 e. The first-order valence-electron chi connectivity index (χ1n) is 13.2. The molecule has 2 aromatic rings. The molecule has 2 amide bonds. The number of hydrogen-bond acceptors (Lipinski definition) is 8. The molecule has 0 aliphatic carbocycles. The molecule has 10 heteroatoms. The Morgan fingerprint density at radius 2 is 0.947 bits per heavy atom. The molecule has 0 aliphatic heterocycles. The van der Waals surface area contributed by atoms with Crippen LogP contribution in [0, 0.1) is 0 Å². The Kier molecular flexibility index (Phi) is 13.2. The van der Waals surface area contributed by atoms with Crippen LogP contribution in [-0.4, -0.2) is 81.3 Å². The highest BCUT2D eigenvalue weighted by molar-refractivity contribution is 5.77. The number of unbranched alkanes of at least 4 members (excludes halogenated alkanes) is 1. The van der Waals surface area contributed by atoms with E-state index in [0.29, 0.717) is 65.0 Å². The minimum Gasteiger partial charge on any atom is -0.504 e. The molecule has 0 heterocycles. The van der Waals surface area contributed by atoms with Crippen molar-refractivity contribution in [1.82, 2.24) is 9.80 Å². The highest BCUT2D eigenvalue weighted by Gasteiger charge is 2.16. The number of rotatable bonds is 17. The van der Waals surface area contributed by atoms with Crippen LogP contribution in [0.25, 0.3) is 0 Å². The molecule has 0 aromatic heterocycles. The second-order valence-corrected chi connectivity index (χ2v) is 9.40. The lowest BCUT2D eigenvalue weighted by Crippen LogP contribution is -2.36. The molecule has 0 radical (unpaired) electrons. The van der Waals surface area contributed by atoms with Crippen LogP contribution in [0.5, 0.6) is 23.0 Å². The maximum atomic E-state index is 12.9. The molecule has 2 aromatic carbocycles. The topological polar surface area (TPSA) is 174 Å². The van der Waals surface area contributed by atoms with Gasteiger partial charge >= 0.3 is 0 Å². The maximum absolute atomic E-state index is 12.9. The average Bonchev–Trinajstić information content (AvgIpc) is 2.90. The summed E-state index contributed by atoms with van der Waals surface area (Å²) in [6.07, 6.45) is 4.31. The van der Waals surface area contributed by atoms with Gasteiger partial charge in [-0.05, 0) is 87.0 Å². The summed E-state index contributed by atoms with van der Waals surface area (Å²) in [5, 5.41) is 38.3. The summed E-state index contributed by atoms with van der Waals surface area (Å²) >= 11 is 0. The lowest BCUT2D eigenvalue weighted by Gasteiger charge is -2.25. The molecule has 0 saturated heterocycles. The van der Waals surface area contributed by atoms with Gasteiger partial charge in [0.2, 0.25) is 11.8 Å². The van der Waals surface area contributed by atoms with E-state index >= 15 is 0 Å². The van der Waals surface area contributed by atoms with E-state index in [0.717, 1.165) is 24.0 Å². The quantitative estimate of drug-likeness (QED) is 0.133. The van der Waals surface area contributed by atoms with Crippen molar-refractivity contribution in [2.45, 2.75) is 51.4 Å². The molecule has 0 atom stereocenters. The zero-order valence-electron chi connectivity index (χ0n) is 22.0. The molecule has 0 aliphatic rings. The molecular formula is C28H42N4O6. The normalized spacial score (nSPS) is 10.9. The van der Waals surface area contributed by atoms with E-state index in [-0.39, 0.29) is 47.7 Å². The number of amides is 2. The minimum absolute atomic E-state index is 0.000713. The summed E-state index contributed by atoms with van der Waals surface area (Å²) in [5.41, 5.74) is 12.9. The predicted octanol–water partition coefficient (Wildman–Crippen LogP) is 2.21. The van der Waals surface area contributed by atoms with E-state index in [2.05, 4.69) is 0 Å². The summed E-state index contributed by atoms with van der Waals surface area (Å²) in [6, 6.07) is 9.11. The summed E-state index contributed by atoms with van der Waals surface area (Å²) in [4.78, 5) is 29.4. The monoisotopic (exact) mass is 530 g/mol. The highest BCUT2D eigenvalue weighted by Crippen LogP contribution is 2.26. The molecule has 8 N–H and O–H groups in total. The number of aromatic hydroxyl groups is 4. The van der Waals surface area contributed by atoms with E-state index in [4.69, 9.17) is 11.5 Å². The number of carbonyl (C=O) groups is 2. The minimum atomic E-state index is -0.204. The second kappa shape index (κ2) is 16.4. The number of nitrogens with two attached hydrogens (primary N) is 2. The van der Waals surface area contributed by atoms with Gasteiger partial charge in [0.05, 0.1) is 0 Å². The Morgan fingerprint density at radius 3 is 1.29 bits per heavy atom. The first-order chi connectivity index (χ1) is 18.2. The number of phenolic OH excluding ortho intramolecular Hbond substituents is 4. The zero-order chi connectivity index (χ0) is 27.9. The van der Waals surface area contributed by atoms with Crippen LogP contribution in [0.3, 0.4) is 0 Å². The van der Waals surface area contributed by atoms with Gasteiger partial charge in [0, 0.05) is 39.0 Å². The maximum Gasteiger partial charge on any atom is 0.222 e. The van der Waals surface area contributed by atoms with Crippen molar-refractivity contribution >= 4 is 11.8 Å². The fourth-order valence-electron chi connectivity index (χ4n) is 4.16. The fraction of sp³-hybridized carbons (Fsp3) is 0.500. The van der Waals surface area contributed by atoms with Crippen molar-refractivity contribution in [2.24, 2.45) is 11.5 Å². The molecule has 0 spiro atoms. The van der Waals surface area contributed by atoms with Crippen molar-refractivity contribution in [2.75, 3.05) is 39.3 Å². The Balaban J connectivity index is 1.85. The van der Waals surface area contributed by atoms with Gasteiger partial charge in [0.25, 0.3) is 0 Å². The van der Waals surface area contributed by atoms with Crippen LogP contribution >= 0.6 is 0 Å². The van der Waals surface area contributed by atoms with Crippen LogP contribution in [-0.2, 0) is 22.4 Å². The van der Waals surface area contributed by atoms with Gasteiger partial charge in [-0.2, -0.15) is 0 Å². The number of nitrogens with zero attached hydrogens (tertiary/aromatic N) is 2. The molecule has 0 saturated carbocycles. The third-order valence-corrected chi connectivity index (χ3v) is 6.41. The number of hydrogen-bond donors (Lipinski definition) is 6. The second-order valence-electron chi connectivity index (χ2n) is 9.40. The molecule has 0 fully saturated rings. The van der Waals surface area contributed by atoms with Crippen molar-refractivity contribution in [3.63, 3.8) is 0 Å². The van der Waals surface area contributed by atoms with E-state index in [1.54, 1.807) is 21.9 Å². The third-order valence-electron chi connectivity index (χ3n) is 6.41. The summed E-state index contributed by atoms with van der Waals surface area (Å²) in [5.74, 6) is -0.792. The summed E-state index contributed by atoms with van der Waals surface area (Å²) < 4.78 is 0. The first-order valence-corrected chi connectivity index (χ1v) is 13.2. The van der Waals surface area contributed by atoms with Gasteiger partial charge in [-0.1, -0.05) is 12.1 Å². The van der Waals surface area contributed by atoms with Crippen LogP contribution in [0.1, 0.15) is 49.7 Å². The van der Waals surface area contributed by atoms with E-state index in [9.17, 15) is 30.0 Å². The van der Waals surface area contributed by atoms with Crippen LogP contribution in [0.4, 0.5) is 0 Å². The zero-order valence-corrected chi connectivity index (χ0v) is 22.0. The Hall–Kier alpha value is -3.50. The Morgan fingerprint density at radius 1 is 0.579 bits per heavy atom. The van der Waals surface area contributed by atoms with Crippen molar-refractivity contribution in [3.05, 3.63) is 47.5 Å². The average molecular weight is 531 g/mol. The van der Waals surface area contributed by atoms with Gasteiger partial charge in [-0.25, -0.2) is 0 Å². The third kappa shape index (κ3) is 10.5. The lowest BCUT2D eigenvalue weighted by molar-refractivity contribution is -0.132. The highest BCUT2D eigenvalue weighted by atomic mass is 16.3. The molecular weight excluding hydrogens is 488 g/mol. The number of phenols is 4. The van der Waals surface area contributed by atoms with Crippen LogP contribution in [0.15, 0.2) is 36.4 Å². The molecule has 10 nitrogen and oxygen atoms in total. The number of aryl methyl sites for hydroxylation is 2. The summed E-state index contributed by atoms with van der Waals surface area (Å²) in [6.45, 7) is 3.21. The fourth-order valence-corrected chi connectivity index (χ4v) is 4.16. The molecule has 0 unspecified atom stereocenters. The van der Waals surface area contributed by atoms with E-state index < -0.39 is 0 Å². The van der Waals surface area contributed by atoms with Crippen molar-refractivity contribution in [1.29, 1.82) is 0 Å². The standard InChI is InChI=1S/C28H42N4O6/c29-13-3-17-31(27(37)11-7-21-5-9-23(33)25(35)19-21)15-1-2-16-32(18-4-14-30)28(38)12-8-22-6-10-24(34)26(36)20-22/h5-6,9-10,19-20,33-36H,1-4,7-8,11-18,29-30H2. The van der Waals surface area contributed by atoms with E-state index in [1.165, 1.54) is 24.3 Å². The predicted molar refractivity (Wildman–Crippen MR) is 146 cm³/mol. The van der Waals surface area contributed by atoms with Crippen molar-refractivity contribution in [3.8, 4) is 23.0 Å². The van der Waals surface area contributed by atoms with Gasteiger partial charge in [-0.3, -0.25) is 9.59 Å². The van der Waals surface area contributed by atoms with E-state index in [1.807, 2.05) is 0 Å². The Labute approximate surface area is 224 Å². The van der Waals surface area contributed by atoms with Gasteiger partial charge < -0.3 is 41.7 Å².